The number of imidazole rings is 1. The molecule has 1 fully saturated rings. The van der Waals surface area contributed by atoms with Gasteiger partial charge in [0, 0.05) is 17.7 Å². The van der Waals surface area contributed by atoms with Crippen molar-refractivity contribution >= 4 is 22.8 Å². The van der Waals surface area contributed by atoms with Crippen LogP contribution in [-0.4, -0.2) is 20.9 Å². The van der Waals surface area contributed by atoms with Crippen molar-refractivity contribution in [1.29, 1.82) is 0 Å². The van der Waals surface area contributed by atoms with E-state index in [9.17, 15) is 31.1 Å². The molecule has 0 atom stereocenters. The molecule has 4 rings (SSSR count). The maximum absolute atomic E-state index is 13.4. The van der Waals surface area contributed by atoms with Crippen LogP contribution in [0.4, 0.5) is 32.2 Å². The molecule has 1 saturated carbocycles. The molecule has 2 N–H and O–H groups in total. The number of pyridine rings is 1. The lowest BCUT2D eigenvalue weighted by molar-refractivity contribution is -0.142. The van der Waals surface area contributed by atoms with Crippen LogP contribution in [0, 0.1) is 5.92 Å². The molecule has 0 radical (unpaired) electrons. The maximum atomic E-state index is 13.4. The van der Waals surface area contributed by atoms with Gasteiger partial charge in [-0.15, -0.1) is 0 Å². The van der Waals surface area contributed by atoms with Crippen LogP contribution in [0.5, 0.6) is 0 Å². The number of carbonyl (C=O) groups is 1. The molecule has 0 unspecified atom stereocenters. The second kappa shape index (κ2) is 6.46. The molecular weight excluding hydrogens is 402 g/mol. The summed E-state index contributed by atoms with van der Waals surface area (Å²) in [6, 6.07) is 3.17. The highest BCUT2D eigenvalue weighted by Gasteiger charge is 2.42. The third kappa shape index (κ3) is 3.64. The van der Waals surface area contributed by atoms with Gasteiger partial charge in [-0.3, -0.25) is 4.79 Å². The standard InChI is InChI=1S/C18H12F6N4O/c19-17(20,21)9-2-1-3-10(18(22,23)24)12(9)14-26-11-6-7-25-15(13(11)27-14)28-16(29)8-4-5-8/h1-3,6-8H,4-5H2,(H,26,27)(H,25,28,29). The lowest BCUT2D eigenvalue weighted by atomic mass is 9.99. The van der Waals surface area contributed by atoms with E-state index in [0.717, 1.165) is 0 Å². The fourth-order valence-corrected chi connectivity index (χ4v) is 2.99. The zero-order valence-electron chi connectivity index (χ0n) is 14.4. The number of amides is 1. The summed E-state index contributed by atoms with van der Waals surface area (Å²) in [5, 5.41) is 2.52. The molecule has 1 amide bonds. The Morgan fingerprint density at radius 1 is 1.03 bits per heavy atom. The zero-order valence-corrected chi connectivity index (χ0v) is 14.4. The quantitative estimate of drug-likeness (QED) is 0.592. The summed E-state index contributed by atoms with van der Waals surface area (Å²) in [6.07, 6.45) is -7.37. The molecule has 1 aromatic carbocycles. The zero-order chi connectivity index (χ0) is 21.0. The number of nitrogens with zero attached hydrogens (tertiary/aromatic N) is 2. The van der Waals surface area contributed by atoms with Crippen LogP contribution in [0.15, 0.2) is 30.5 Å². The number of rotatable bonds is 3. The van der Waals surface area contributed by atoms with Crippen LogP contribution in [0.3, 0.4) is 0 Å². The monoisotopic (exact) mass is 414 g/mol. The SMILES string of the molecule is O=C(Nc1nccc2[nH]c(-c3c(C(F)(F)F)cccc3C(F)(F)F)nc12)C1CC1. The molecule has 1 aliphatic rings. The summed E-state index contributed by atoms with van der Waals surface area (Å²) in [6.45, 7) is 0. The molecule has 5 nitrogen and oxygen atoms in total. The molecule has 0 saturated heterocycles. The first kappa shape index (κ1) is 19.2. The van der Waals surface area contributed by atoms with Gasteiger partial charge in [-0.25, -0.2) is 9.97 Å². The molecule has 11 heteroatoms. The highest BCUT2D eigenvalue weighted by atomic mass is 19.4. The minimum atomic E-state index is -5.03. The van der Waals surface area contributed by atoms with E-state index in [4.69, 9.17) is 0 Å². The van der Waals surface area contributed by atoms with Crippen molar-refractivity contribution in [3.63, 3.8) is 0 Å². The van der Waals surface area contributed by atoms with E-state index < -0.39 is 34.9 Å². The summed E-state index contributed by atoms with van der Waals surface area (Å²) < 4.78 is 80.6. The first-order valence-corrected chi connectivity index (χ1v) is 8.49. The van der Waals surface area contributed by atoms with Gasteiger partial charge in [-0.2, -0.15) is 26.3 Å². The summed E-state index contributed by atoms with van der Waals surface area (Å²) in [5.41, 5.74) is -3.93. The minimum absolute atomic E-state index is 0.0263. The summed E-state index contributed by atoms with van der Waals surface area (Å²) in [4.78, 5) is 22.4. The Bertz CT molecular complexity index is 1070. The van der Waals surface area contributed by atoms with Crippen molar-refractivity contribution in [1.82, 2.24) is 15.0 Å². The number of fused-ring (bicyclic) bond motifs is 1. The van der Waals surface area contributed by atoms with Crippen molar-refractivity contribution in [2.24, 2.45) is 5.92 Å². The number of aromatic amines is 1. The van der Waals surface area contributed by atoms with Crippen LogP contribution < -0.4 is 5.32 Å². The number of nitrogens with one attached hydrogen (secondary N) is 2. The highest BCUT2D eigenvalue weighted by molar-refractivity contribution is 6.00. The molecule has 152 valence electrons. The second-order valence-electron chi connectivity index (χ2n) is 6.63. The van der Waals surface area contributed by atoms with E-state index in [1.54, 1.807) is 0 Å². The van der Waals surface area contributed by atoms with Crippen molar-refractivity contribution in [2.45, 2.75) is 25.2 Å². The molecule has 2 aromatic heterocycles. The molecule has 3 aromatic rings. The van der Waals surface area contributed by atoms with Crippen molar-refractivity contribution in [2.75, 3.05) is 5.32 Å². The number of anilines is 1. The molecule has 0 bridgehead atoms. The summed E-state index contributed by atoms with van der Waals surface area (Å²) in [5.74, 6) is -1.13. The van der Waals surface area contributed by atoms with Gasteiger partial charge in [0.05, 0.1) is 16.6 Å². The molecule has 29 heavy (non-hydrogen) atoms. The van der Waals surface area contributed by atoms with Crippen molar-refractivity contribution in [3.8, 4) is 11.4 Å². The number of hydrogen-bond donors (Lipinski definition) is 2. The predicted octanol–water partition coefficient (Wildman–Crippen LogP) is 5.01. The number of alkyl halides is 6. The molecule has 1 aliphatic carbocycles. The van der Waals surface area contributed by atoms with E-state index >= 15 is 0 Å². The van der Waals surface area contributed by atoms with Gasteiger partial charge in [0.25, 0.3) is 0 Å². The Morgan fingerprint density at radius 3 is 2.21 bits per heavy atom. The van der Waals surface area contributed by atoms with E-state index in [1.807, 2.05) is 0 Å². The average molecular weight is 414 g/mol. The average Bonchev–Trinajstić information content (AvgIpc) is 3.39. The van der Waals surface area contributed by atoms with Gasteiger partial charge < -0.3 is 10.3 Å². The van der Waals surface area contributed by atoms with Gasteiger partial charge >= 0.3 is 12.4 Å². The van der Waals surface area contributed by atoms with Gasteiger partial charge in [-0.1, -0.05) is 6.07 Å². The van der Waals surface area contributed by atoms with E-state index in [2.05, 4.69) is 20.3 Å². The molecule has 0 aliphatic heterocycles. The lowest BCUT2D eigenvalue weighted by Gasteiger charge is -2.17. The Hall–Kier alpha value is -3.11. The Morgan fingerprint density at radius 2 is 1.66 bits per heavy atom. The Labute approximate surface area is 159 Å². The highest BCUT2D eigenvalue weighted by Crippen LogP contribution is 2.44. The molecule has 0 spiro atoms. The second-order valence-corrected chi connectivity index (χ2v) is 6.63. The number of halogens is 6. The third-order valence-corrected chi connectivity index (χ3v) is 4.50. The van der Waals surface area contributed by atoms with Crippen LogP contribution in [0.2, 0.25) is 0 Å². The Balaban J connectivity index is 1.90. The van der Waals surface area contributed by atoms with Gasteiger partial charge in [0.15, 0.2) is 5.82 Å². The molecular formula is C18H12F6N4O. The normalized spacial score (nSPS) is 15.0. The largest absolute Gasteiger partial charge is 0.417 e. The third-order valence-electron chi connectivity index (χ3n) is 4.50. The minimum Gasteiger partial charge on any atom is -0.338 e. The number of carbonyl (C=O) groups excluding carboxylic acids is 1. The number of aromatic nitrogens is 3. The topological polar surface area (TPSA) is 70.7 Å². The smallest absolute Gasteiger partial charge is 0.338 e. The number of H-pyrrole nitrogens is 1. The first-order valence-electron chi connectivity index (χ1n) is 8.49. The van der Waals surface area contributed by atoms with Crippen LogP contribution in [0.1, 0.15) is 24.0 Å². The number of benzene rings is 1. The Kier molecular flexibility index (Phi) is 4.28. The fraction of sp³-hybridized carbons (Fsp3) is 0.278. The van der Waals surface area contributed by atoms with Crippen LogP contribution >= 0.6 is 0 Å². The fourth-order valence-electron chi connectivity index (χ4n) is 2.99. The number of hydrogen-bond acceptors (Lipinski definition) is 3. The lowest BCUT2D eigenvalue weighted by Crippen LogP contribution is -2.15. The van der Waals surface area contributed by atoms with E-state index in [-0.39, 0.29) is 28.7 Å². The summed E-state index contributed by atoms with van der Waals surface area (Å²) in [7, 11) is 0. The predicted molar refractivity (Wildman–Crippen MR) is 90.7 cm³/mol. The van der Waals surface area contributed by atoms with Gasteiger partial charge in [0.2, 0.25) is 5.91 Å². The van der Waals surface area contributed by atoms with Crippen molar-refractivity contribution in [3.05, 3.63) is 41.6 Å². The first-order chi connectivity index (χ1) is 13.6. The van der Waals surface area contributed by atoms with E-state index in [0.29, 0.717) is 31.0 Å². The van der Waals surface area contributed by atoms with Gasteiger partial charge in [0.1, 0.15) is 11.3 Å². The van der Waals surface area contributed by atoms with E-state index in [1.165, 1.54) is 12.3 Å². The summed E-state index contributed by atoms with van der Waals surface area (Å²) >= 11 is 0. The van der Waals surface area contributed by atoms with Crippen molar-refractivity contribution < 1.29 is 31.1 Å². The molecule has 2 heterocycles. The maximum Gasteiger partial charge on any atom is 0.417 e. The van der Waals surface area contributed by atoms with Gasteiger partial charge in [-0.05, 0) is 31.0 Å². The van der Waals surface area contributed by atoms with Crippen LogP contribution in [0.25, 0.3) is 22.4 Å². The van der Waals surface area contributed by atoms with Crippen LogP contribution in [-0.2, 0) is 17.1 Å².